The zero-order chi connectivity index (χ0) is 27.3. The summed E-state index contributed by atoms with van der Waals surface area (Å²) in [7, 11) is 3.19. The van der Waals surface area contributed by atoms with Crippen molar-refractivity contribution in [2.24, 2.45) is 0 Å². The van der Waals surface area contributed by atoms with E-state index < -0.39 is 6.04 Å². The maximum atomic E-state index is 14.0. The number of carbonyl (C=O) groups is 2. The highest BCUT2D eigenvalue weighted by atomic mass is 16.5. The van der Waals surface area contributed by atoms with Gasteiger partial charge in [0.15, 0.2) is 11.5 Å². The third kappa shape index (κ3) is 4.13. The first-order chi connectivity index (χ1) is 18.9. The normalized spacial score (nSPS) is 18.6. The standard InChI is InChI=1S/C32H33N3O4/c1-19(2)21-10-12-22(13-11-21)30-29-24(23-7-5-6-8-25(23)33-29)18-26-31(36)34(32(37)35(26)30)16-15-20-9-14-27(38-3)28(17-20)39-4/h5-14,17,19,26,30,33H,15-16,18H2,1-4H3. The minimum atomic E-state index is -0.538. The molecule has 1 saturated heterocycles. The molecule has 0 spiro atoms. The fraction of sp³-hybridized carbons (Fsp3) is 0.312. The summed E-state index contributed by atoms with van der Waals surface area (Å²) in [4.78, 5) is 34.6. The quantitative estimate of drug-likeness (QED) is 0.309. The van der Waals surface area contributed by atoms with Crippen LogP contribution >= 0.6 is 0 Å². The third-order valence-corrected chi connectivity index (χ3v) is 8.13. The number of methoxy groups -OCH3 is 2. The highest BCUT2D eigenvalue weighted by Crippen LogP contribution is 2.44. The number of aromatic amines is 1. The lowest BCUT2D eigenvalue weighted by atomic mass is 9.88. The van der Waals surface area contributed by atoms with Crippen molar-refractivity contribution in [2.45, 2.75) is 44.7 Å². The number of nitrogens with one attached hydrogen (secondary N) is 1. The topological polar surface area (TPSA) is 74.9 Å². The van der Waals surface area contributed by atoms with Crippen LogP contribution < -0.4 is 9.47 Å². The lowest BCUT2D eigenvalue weighted by Crippen LogP contribution is -2.44. The fourth-order valence-electron chi connectivity index (χ4n) is 6.02. The lowest BCUT2D eigenvalue weighted by Gasteiger charge is -2.36. The number of imide groups is 1. The zero-order valence-electron chi connectivity index (χ0n) is 22.7. The summed E-state index contributed by atoms with van der Waals surface area (Å²) in [5, 5.41) is 1.11. The summed E-state index contributed by atoms with van der Waals surface area (Å²) in [6.45, 7) is 4.63. The van der Waals surface area contributed by atoms with Crippen LogP contribution in [0.15, 0.2) is 66.7 Å². The molecule has 0 aliphatic carbocycles. The van der Waals surface area contributed by atoms with Crippen LogP contribution in [0.4, 0.5) is 4.79 Å². The monoisotopic (exact) mass is 523 g/mol. The Labute approximate surface area is 228 Å². The number of para-hydroxylation sites is 1. The Morgan fingerprint density at radius 1 is 0.949 bits per heavy atom. The van der Waals surface area contributed by atoms with Crippen molar-refractivity contribution in [3.8, 4) is 11.5 Å². The van der Waals surface area contributed by atoms with Gasteiger partial charge in [-0.2, -0.15) is 0 Å². The molecular weight excluding hydrogens is 490 g/mol. The zero-order valence-corrected chi connectivity index (χ0v) is 22.7. The summed E-state index contributed by atoms with van der Waals surface area (Å²) in [5.74, 6) is 1.54. The van der Waals surface area contributed by atoms with Gasteiger partial charge in [0.1, 0.15) is 12.1 Å². The number of aromatic nitrogens is 1. The molecule has 2 unspecified atom stereocenters. The van der Waals surface area contributed by atoms with Gasteiger partial charge in [-0.1, -0.05) is 62.4 Å². The van der Waals surface area contributed by atoms with E-state index >= 15 is 0 Å². The number of H-pyrrole nitrogens is 1. The number of rotatable bonds is 7. The van der Waals surface area contributed by atoms with Gasteiger partial charge < -0.3 is 14.5 Å². The van der Waals surface area contributed by atoms with Crippen molar-refractivity contribution in [3.05, 3.63) is 94.7 Å². The Bertz CT molecular complexity index is 1560. The smallest absolute Gasteiger partial charge is 0.328 e. The molecular formula is C32H33N3O4. The van der Waals surface area contributed by atoms with Crippen LogP contribution in [0.2, 0.25) is 0 Å². The second-order valence-electron chi connectivity index (χ2n) is 10.6. The van der Waals surface area contributed by atoms with Gasteiger partial charge in [0.25, 0.3) is 5.91 Å². The Morgan fingerprint density at radius 2 is 1.69 bits per heavy atom. The molecule has 200 valence electrons. The van der Waals surface area contributed by atoms with Gasteiger partial charge in [-0.05, 0) is 52.8 Å². The van der Waals surface area contributed by atoms with E-state index in [9.17, 15) is 9.59 Å². The average molecular weight is 524 g/mol. The Morgan fingerprint density at radius 3 is 2.41 bits per heavy atom. The number of amides is 3. The molecule has 3 heterocycles. The van der Waals surface area contributed by atoms with Crippen LogP contribution in [0.3, 0.4) is 0 Å². The Kier molecular flexibility index (Phi) is 6.29. The van der Waals surface area contributed by atoms with Gasteiger partial charge in [0, 0.05) is 29.6 Å². The molecule has 1 fully saturated rings. The first kappa shape index (κ1) is 25.0. The highest BCUT2D eigenvalue weighted by molar-refractivity contribution is 6.05. The van der Waals surface area contributed by atoms with Crippen molar-refractivity contribution in [1.82, 2.24) is 14.8 Å². The van der Waals surface area contributed by atoms with Gasteiger partial charge in [-0.3, -0.25) is 14.6 Å². The second kappa shape index (κ2) is 9.80. The predicted molar refractivity (Wildman–Crippen MR) is 150 cm³/mol. The van der Waals surface area contributed by atoms with Crippen molar-refractivity contribution >= 4 is 22.8 Å². The number of ether oxygens (including phenoxy) is 2. The lowest BCUT2D eigenvalue weighted by molar-refractivity contribution is -0.128. The molecule has 0 bridgehead atoms. The first-order valence-corrected chi connectivity index (χ1v) is 13.4. The van der Waals surface area contributed by atoms with E-state index in [0.717, 1.165) is 33.3 Å². The molecule has 7 heteroatoms. The number of hydrogen-bond donors (Lipinski definition) is 1. The SMILES string of the molecule is COc1ccc(CCN2C(=O)C3Cc4c([nH]c5ccccc45)C(c4ccc(C(C)C)cc4)N3C2=O)cc1OC. The van der Waals surface area contributed by atoms with Crippen LogP contribution in [0.25, 0.3) is 10.9 Å². The fourth-order valence-corrected chi connectivity index (χ4v) is 6.02. The molecule has 0 radical (unpaired) electrons. The third-order valence-electron chi connectivity index (χ3n) is 8.13. The van der Waals surface area contributed by atoms with Crippen LogP contribution in [0, 0.1) is 0 Å². The predicted octanol–water partition coefficient (Wildman–Crippen LogP) is 5.83. The molecule has 1 aromatic heterocycles. The van der Waals surface area contributed by atoms with E-state index in [4.69, 9.17) is 9.47 Å². The van der Waals surface area contributed by atoms with Crippen molar-refractivity contribution in [3.63, 3.8) is 0 Å². The summed E-state index contributed by atoms with van der Waals surface area (Å²) in [5.41, 5.74) is 6.34. The van der Waals surface area contributed by atoms with Crippen molar-refractivity contribution in [2.75, 3.05) is 20.8 Å². The molecule has 2 aliphatic heterocycles. The molecule has 3 amide bonds. The molecule has 39 heavy (non-hydrogen) atoms. The van der Waals surface area contributed by atoms with E-state index in [0.29, 0.717) is 36.8 Å². The van der Waals surface area contributed by atoms with Gasteiger partial charge in [-0.25, -0.2) is 4.79 Å². The van der Waals surface area contributed by atoms with Crippen LogP contribution in [-0.2, 0) is 17.6 Å². The van der Waals surface area contributed by atoms with Crippen molar-refractivity contribution in [1.29, 1.82) is 0 Å². The van der Waals surface area contributed by atoms with Crippen LogP contribution in [-0.4, -0.2) is 53.5 Å². The summed E-state index contributed by atoms with van der Waals surface area (Å²) in [6, 6.07) is 21.2. The number of urea groups is 1. The molecule has 2 atom stereocenters. The Balaban J connectivity index is 1.36. The number of fused-ring (bicyclic) bond motifs is 4. The Hall–Kier alpha value is -4.26. The minimum absolute atomic E-state index is 0.139. The second-order valence-corrected chi connectivity index (χ2v) is 10.6. The van der Waals surface area contributed by atoms with Gasteiger partial charge in [-0.15, -0.1) is 0 Å². The number of nitrogens with zero attached hydrogens (tertiary/aromatic N) is 2. The molecule has 2 aliphatic rings. The molecule has 1 N–H and O–H groups in total. The molecule has 3 aromatic carbocycles. The van der Waals surface area contributed by atoms with Gasteiger partial charge in [0.05, 0.1) is 14.2 Å². The minimum Gasteiger partial charge on any atom is -0.493 e. The maximum absolute atomic E-state index is 14.0. The highest BCUT2D eigenvalue weighted by Gasteiger charge is 2.52. The van der Waals surface area contributed by atoms with Gasteiger partial charge >= 0.3 is 6.03 Å². The average Bonchev–Trinajstić information content (AvgIpc) is 3.44. The van der Waals surface area contributed by atoms with E-state index in [-0.39, 0.29) is 18.0 Å². The summed E-state index contributed by atoms with van der Waals surface area (Å²) in [6.07, 6.45) is 1.03. The molecule has 6 rings (SSSR count). The van der Waals surface area contributed by atoms with Crippen LogP contribution in [0.1, 0.15) is 53.8 Å². The van der Waals surface area contributed by atoms with E-state index in [1.165, 1.54) is 10.5 Å². The number of benzene rings is 3. The molecule has 7 nitrogen and oxygen atoms in total. The van der Waals surface area contributed by atoms with Gasteiger partial charge in [0.2, 0.25) is 0 Å². The molecule has 4 aromatic rings. The number of carbonyl (C=O) groups excluding carboxylic acids is 2. The van der Waals surface area contributed by atoms with E-state index in [1.807, 2.05) is 30.3 Å². The van der Waals surface area contributed by atoms with Crippen molar-refractivity contribution < 1.29 is 19.1 Å². The van der Waals surface area contributed by atoms with E-state index in [1.54, 1.807) is 19.1 Å². The first-order valence-electron chi connectivity index (χ1n) is 13.4. The summed E-state index contributed by atoms with van der Waals surface area (Å²) < 4.78 is 10.8. The molecule has 0 saturated carbocycles. The largest absolute Gasteiger partial charge is 0.493 e. The number of hydrogen-bond acceptors (Lipinski definition) is 4. The maximum Gasteiger partial charge on any atom is 0.328 e. The van der Waals surface area contributed by atoms with Crippen LogP contribution in [0.5, 0.6) is 11.5 Å². The summed E-state index contributed by atoms with van der Waals surface area (Å²) >= 11 is 0. The van der Waals surface area contributed by atoms with E-state index in [2.05, 4.69) is 55.2 Å².